The van der Waals surface area contributed by atoms with Gasteiger partial charge in [0, 0.05) is 49.5 Å². The first-order valence-corrected chi connectivity index (χ1v) is 21.0. The fraction of sp³-hybridized carbons (Fsp3) is 0.756. The number of esters is 1. The van der Waals surface area contributed by atoms with Crippen LogP contribution in [-0.4, -0.2) is 124 Å². The molecule has 2 fully saturated rings. The third-order valence-electron chi connectivity index (χ3n) is 12.5. The summed E-state index contributed by atoms with van der Waals surface area (Å²) in [5.74, 6) is -5.78. The number of rotatable bonds is 10. The molecule has 13 nitrogen and oxygen atoms in total. The monoisotopic (exact) mass is 823 g/mol. The smallest absolute Gasteiger partial charge is 0.373 e. The molecule has 0 aromatic rings. The quantitative estimate of drug-likeness (QED) is 0.129. The molecule has 0 spiro atoms. The summed E-state index contributed by atoms with van der Waals surface area (Å²) < 4.78 is 36.1. The van der Waals surface area contributed by atoms with Gasteiger partial charge in [-0.1, -0.05) is 89.1 Å². The number of allylic oxidation sites excluding steroid dienone is 6. The molecular formula is C45H74O13. The van der Waals surface area contributed by atoms with Crippen LogP contribution in [0.2, 0.25) is 0 Å². The maximum atomic E-state index is 13.9. The number of ether oxygens (including phenoxy) is 6. The Morgan fingerprint density at radius 3 is 2.29 bits per heavy atom. The van der Waals surface area contributed by atoms with Crippen LogP contribution in [-0.2, 0) is 33.2 Å². The molecule has 0 saturated carbocycles. The van der Waals surface area contributed by atoms with E-state index in [4.69, 9.17) is 28.4 Å². The zero-order valence-electron chi connectivity index (χ0n) is 36.7. The lowest BCUT2D eigenvalue weighted by Gasteiger charge is -2.49. The lowest BCUT2D eigenvalue weighted by Crippen LogP contribution is -2.59. The molecule has 0 unspecified atom stereocenters. The SMILES string of the molecule is C/C=C/[C@H]1O[C@@](O)([C@H](C)[C@H](O)[C@H](C)[C@H]2OC(=O)/C(OC)=C/C(C)=C/[C@@H](C)[C@@H](O)[C@@H](CC)[C@@H](O)[C@H](C)C/C(C)=C/C=C/[C@@H]2OC)C[C@@H](O[C@H]2C[C@@H](O)[C@H](O)[C@H](C)O2)[C@@H]1C. The first-order chi connectivity index (χ1) is 27.2. The highest BCUT2D eigenvalue weighted by molar-refractivity contribution is 5.87. The molecule has 0 aromatic carbocycles. The van der Waals surface area contributed by atoms with E-state index in [-0.39, 0.29) is 42.3 Å². The van der Waals surface area contributed by atoms with Crippen LogP contribution in [0.4, 0.5) is 0 Å². The minimum absolute atomic E-state index is 0.0414. The Morgan fingerprint density at radius 1 is 1.03 bits per heavy atom. The van der Waals surface area contributed by atoms with E-state index in [0.29, 0.717) is 18.4 Å². The summed E-state index contributed by atoms with van der Waals surface area (Å²) in [4.78, 5) is 13.9. The van der Waals surface area contributed by atoms with Crippen molar-refractivity contribution in [3.63, 3.8) is 0 Å². The van der Waals surface area contributed by atoms with Crippen LogP contribution in [0.3, 0.4) is 0 Å². The van der Waals surface area contributed by atoms with Gasteiger partial charge in [-0.15, -0.1) is 0 Å². The zero-order valence-corrected chi connectivity index (χ0v) is 36.7. The number of hydrogen-bond acceptors (Lipinski definition) is 13. The van der Waals surface area contributed by atoms with Crippen molar-refractivity contribution >= 4 is 5.97 Å². The van der Waals surface area contributed by atoms with E-state index in [0.717, 1.165) is 5.57 Å². The Morgan fingerprint density at radius 2 is 1.71 bits per heavy atom. The maximum absolute atomic E-state index is 13.9. The number of aliphatic hydroxyl groups excluding tert-OH is 5. The Labute approximate surface area is 346 Å². The van der Waals surface area contributed by atoms with Crippen molar-refractivity contribution in [1.29, 1.82) is 0 Å². The van der Waals surface area contributed by atoms with Gasteiger partial charge in [0.1, 0.15) is 18.3 Å². The summed E-state index contributed by atoms with van der Waals surface area (Å²) in [5, 5.41) is 67.8. The third kappa shape index (κ3) is 12.6. The van der Waals surface area contributed by atoms with Gasteiger partial charge in [0.2, 0.25) is 5.76 Å². The lowest BCUT2D eigenvalue weighted by atomic mass is 9.77. The molecular weight excluding hydrogens is 748 g/mol. The van der Waals surface area contributed by atoms with E-state index in [1.54, 1.807) is 39.8 Å². The molecule has 332 valence electrons. The van der Waals surface area contributed by atoms with Crippen molar-refractivity contribution in [1.82, 2.24) is 0 Å². The topological polar surface area (TPSA) is 194 Å². The van der Waals surface area contributed by atoms with Gasteiger partial charge in [0.05, 0.1) is 49.8 Å². The standard InChI is InChI=1S/C45H74O13/c1-13-16-34-28(7)37(56-38-22-33(46)42(50)31(10)55-38)23-45(52,58-34)30(9)41(49)29(8)43-35(53-11)18-15-17-24(3)19-26(5)39(47)32(14-2)40(48)27(6)20-25(4)21-36(54-12)44(51)57-43/h13,15-18,20-21,26-35,37-43,46-50,52H,14,19,22-23H2,1-12H3/b16-13+,18-15+,24-17+,25-20+,36-21-/t26-,27-,28-,29+,30-,31+,32+,33-,34-,35+,37-,38+,39+,40-,41-,42-,43-,45-/m1/s1. The minimum Gasteiger partial charge on any atom is -0.490 e. The molecule has 0 aromatic heterocycles. The van der Waals surface area contributed by atoms with Crippen LogP contribution in [0.25, 0.3) is 0 Å². The van der Waals surface area contributed by atoms with Gasteiger partial charge in [-0.2, -0.15) is 0 Å². The summed E-state index contributed by atoms with van der Waals surface area (Å²) in [6.07, 6.45) is 3.82. The van der Waals surface area contributed by atoms with Crippen molar-refractivity contribution in [3.05, 3.63) is 59.4 Å². The van der Waals surface area contributed by atoms with Gasteiger partial charge < -0.3 is 59.1 Å². The van der Waals surface area contributed by atoms with Crippen molar-refractivity contribution < 1.29 is 63.9 Å². The summed E-state index contributed by atoms with van der Waals surface area (Å²) in [7, 11) is 2.83. The van der Waals surface area contributed by atoms with E-state index in [1.807, 2.05) is 65.8 Å². The van der Waals surface area contributed by atoms with Crippen LogP contribution in [0.15, 0.2) is 59.4 Å². The molecule has 58 heavy (non-hydrogen) atoms. The van der Waals surface area contributed by atoms with E-state index in [2.05, 4.69) is 0 Å². The first kappa shape index (κ1) is 49.9. The summed E-state index contributed by atoms with van der Waals surface area (Å²) >= 11 is 0. The number of methoxy groups -OCH3 is 2. The number of carbonyl (C=O) groups is 1. The van der Waals surface area contributed by atoms with Gasteiger partial charge in [0.25, 0.3) is 0 Å². The summed E-state index contributed by atoms with van der Waals surface area (Å²) in [6.45, 7) is 18.3. The molecule has 3 aliphatic heterocycles. The molecule has 6 N–H and O–H groups in total. The van der Waals surface area contributed by atoms with Crippen molar-refractivity contribution in [2.24, 2.45) is 35.5 Å². The van der Waals surface area contributed by atoms with Gasteiger partial charge in [-0.05, 0) is 52.5 Å². The van der Waals surface area contributed by atoms with Crippen molar-refractivity contribution in [2.45, 2.75) is 168 Å². The minimum atomic E-state index is -1.93. The van der Waals surface area contributed by atoms with E-state index < -0.39 is 90.9 Å². The first-order valence-electron chi connectivity index (χ1n) is 21.0. The fourth-order valence-corrected chi connectivity index (χ4v) is 8.64. The highest BCUT2D eigenvalue weighted by Gasteiger charge is 2.52. The van der Waals surface area contributed by atoms with Crippen LogP contribution in [0.1, 0.15) is 94.9 Å². The van der Waals surface area contributed by atoms with E-state index in [1.165, 1.54) is 20.3 Å². The van der Waals surface area contributed by atoms with Crippen LogP contribution in [0, 0.1) is 35.5 Å². The predicted octanol–water partition coefficient (Wildman–Crippen LogP) is 4.88. The van der Waals surface area contributed by atoms with Gasteiger partial charge >= 0.3 is 5.97 Å². The molecule has 3 heterocycles. The molecule has 3 rings (SSSR count). The second-order valence-corrected chi connectivity index (χ2v) is 17.1. The zero-order chi connectivity index (χ0) is 43.6. The molecule has 3 aliphatic rings. The average molecular weight is 823 g/mol. The van der Waals surface area contributed by atoms with Gasteiger partial charge in [-0.25, -0.2) is 4.79 Å². The molecule has 13 heteroatoms. The molecule has 0 bridgehead atoms. The molecule has 0 amide bonds. The Bertz CT molecular complexity index is 1450. The average Bonchev–Trinajstić information content (AvgIpc) is 3.17. The second kappa shape index (κ2) is 22.4. The fourth-order valence-electron chi connectivity index (χ4n) is 8.64. The molecule has 18 atom stereocenters. The van der Waals surface area contributed by atoms with E-state index >= 15 is 0 Å². The van der Waals surface area contributed by atoms with Gasteiger partial charge in [0.15, 0.2) is 12.1 Å². The van der Waals surface area contributed by atoms with Crippen molar-refractivity contribution in [3.8, 4) is 0 Å². The van der Waals surface area contributed by atoms with Crippen molar-refractivity contribution in [2.75, 3.05) is 14.2 Å². The Kier molecular flexibility index (Phi) is 19.3. The number of aliphatic hydroxyl groups is 6. The molecule has 0 radical (unpaired) electrons. The van der Waals surface area contributed by atoms with Crippen LogP contribution >= 0.6 is 0 Å². The number of cyclic esters (lactones) is 1. The van der Waals surface area contributed by atoms with Crippen LogP contribution in [0.5, 0.6) is 0 Å². The van der Waals surface area contributed by atoms with Gasteiger partial charge in [-0.3, -0.25) is 0 Å². The summed E-state index contributed by atoms with van der Waals surface area (Å²) in [5.41, 5.74) is 1.61. The number of carbonyl (C=O) groups excluding carboxylic acids is 1. The number of hydrogen-bond donors (Lipinski definition) is 6. The lowest BCUT2D eigenvalue weighted by molar-refractivity contribution is -0.339. The molecule has 0 aliphatic carbocycles. The second-order valence-electron chi connectivity index (χ2n) is 17.1. The molecule has 2 saturated heterocycles. The normalized spacial score (nSPS) is 43.9. The third-order valence-corrected chi connectivity index (χ3v) is 12.5. The Balaban J connectivity index is 2.02. The van der Waals surface area contributed by atoms with E-state index in [9.17, 15) is 35.4 Å². The highest BCUT2D eigenvalue weighted by atomic mass is 16.7. The largest absolute Gasteiger partial charge is 0.490 e. The Hall–Kier alpha value is -2.43. The maximum Gasteiger partial charge on any atom is 0.373 e. The predicted molar refractivity (Wildman–Crippen MR) is 220 cm³/mol. The summed E-state index contributed by atoms with van der Waals surface area (Å²) in [6, 6.07) is 0. The van der Waals surface area contributed by atoms with Crippen LogP contribution < -0.4 is 0 Å². The highest BCUT2D eigenvalue weighted by Crippen LogP contribution is 2.42.